The standard InChI is InChI=1S/C22H16ClF2N3O/c1-29-21-8-15(23)6-7-16(21)22(11-13-2-4-14(12-26)5-3-13)27-19-9-17(24)18(25)10-20(19)28-22/h2-10,27-28H,11H2,1H3. The number of hydrogen-bond acceptors (Lipinski definition) is 4. The summed E-state index contributed by atoms with van der Waals surface area (Å²) in [6.07, 6.45) is 0.411. The van der Waals surface area contributed by atoms with E-state index in [0.717, 1.165) is 23.3 Å². The zero-order valence-corrected chi connectivity index (χ0v) is 16.1. The Hall–Kier alpha value is -3.30. The van der Waals surface area contributed by atoms with Crippen LogP contribution in [-0.4, -0.2) is 7.11 Å². The maximum Gasteiger partial charge on any atom is 0.161 e. The Kier molecular flexibility index (Phi) is 4.77. The predicted molar refractivity (Wildman–Crippen MR) is 108 cm³/mol. The van der Waals surface area contributed by atoms with E-state index in [1.54, 1.807) is 24.3 Å². The van der Waals surface area contributed by atoms with E-state index in [2.05, 4.69) is 16.7 Å². The van der Waals surface area contributed by atoms with Gasteiger partial charge in [0, 0.05) is 29.1 Å². The van der Waals surface area contributed by atoms with Gasteiger partial charge in [-0.15, -0.1) is 0 Å². The van der Waals surface area contributed by atoms with Crippen LogP contribution in [-0.2, 0) is 12.1 Å². The van der Waals surface area contributed by atoms with Crippen LogP contribution in [0.25, 0.3) is 0 Å². The van der Waals surface area contributed by atoms with Gasteiger partial charge in [0.15, 0.2) is 11.6 Å². The minimum absolute atomic E-state index is 0.411. The summed E-state index contributed by atoms with van der Waals surface area (Å²) in [5.74, 6) is -1.34. The molecular weight excluding hydrogens is 396 g/mol. The summed E-state index contributed by atoms with van der Waals surface area (Å²) in [4.78, 5) is 0. The summed E-state index contributed by atoms with van der Waals surface area (Å²) in [6, 6.07) is 16.7. The van der Waals surface area contributed by atoms with Crippen LogP contribution in [0.2, 0.25) is 5.02 Å². The van der Waals surface area contributed by atoms with Crippen molar-refractivity contribution in [2.24, 2.45) is 0 Å². The first-order chi connectivity index (χ1) is 13.9. The largest absolute Gasteiger partial charge is 0.496 e. The van der Waals surface area contributed by atoms with Crippen LogP contribution in [0, 0.1) is 23.0 Å². The summed E-state index contributed by atoms with van der Waals surface area (Å²) in [5.41, 5.74) is 2.13. The summed E-state index contributed by atoms with van der Waals surface area (Å²) in [6.45, 7) is 0. The zero-order valence-electron chi connectivity index (χ0n) is 15.4. The lowest BCUT2D eigenvalue weighted by Crippen LogP contribution is -2.41. The van der Waals surface area contributed by atoms with Gasteiger partial charge in [0.05, 0.1) is 30.1 Å². The van der Waals surface area contributed by atoms with Crippen LogP contribution >= 0.6 is 11.6 Å². The normalized spacial score (nSPS) is 13.8. The number of hydrogen-bond donors (Lipinski definition) is 2. The number of nitriles is 1. The fourth-order valence-electron chi connectivity index (χ4n) is 3.58. The third-order valence-electron chi connectivity index (χ3n) is 4.93. The highest BCUT2D eigenvalue weighted by Crippen LogP contribution is 2.45. The van der Waals surface area contributed by atoms with E-state index < -0.39 is 17.3 Å². The molecule has 4 nitrogen and oxygen atoms in total. The fourth-order valence-corrected chi connectivity index (χ4v) is 3.75. The Morgan fingerprint density at radius 2 is 1.62 bits per heavy atom. The summed E-state index contributed by atoms with van der Waals surface area (Å²) in [5, 5.41) is 16.1. The molecule has 0 saturated carbocycles. The Bertz CT molecular complexity index is 1100. The molecule has 0 fully saturated rings. The maximum atomic E-state index is 13.8. The van der Waals surface area contributed by atoms with Gasteiger partial charge in [-0.2, -0.15) is 5.26 Å². The Morgan fingerprint density at radius 1 is 1.00 bits per heavy atom. The summed E-state index contributed by atoms with van der Waals surface area (Å²) in [7, 11) is 1.53. The number of benzene rings is 3. The third-order valence-corrected chi connectivity index (χ3v) is 5.17. The maximum absolute atomic E-state index is 13.8. The number of nitrogens with one attached hydrogen (secondary N) is 2. The minimum atomic E-state index is -0.938. The number of anilines is 2. The van der Waals surface area contributed by atoms with Crippen LogP contribution in [0.4, 0.5) is 20.2 Å². The van der Waals surface area contributed by atoms with Gasteiger partial charge in [-0.3, -0.25) is 0 Å². The van der Waals surface area contributed by atoms with Gasteiger partial charge in [0.2, 0.25) is 0 Å². The molecule has 4 rings (SSSR count). The molecule has 1 heterocycles. The molecule has 0 aromatic heterocycles. The average Bonchev–Trinajstić information content (AvgIpc) is 3.06. The van der Waals surface area contributed by atoms with Crippen molar-refractivity contribution in [3.8, 4) is 11.8 Å². The van der Waals surface area contributed by atoms with E-state index in [0.29, 0.717) is 34.1 Å². The highest BCUT2D eigenvalue weighted by atomic mass is 35.5. The summed E-state index contributed by atoms with van der Waals surface area (Å²) >= 11 is 6.12. The SMILES string of the molecule is COc1cc(Cl)ccc1C1(Cc2ccc(C#N)cc2)Nc2cc(F)c(F)cc2N1. The number of nitrogens with zero attached hydrogens (tertiary/aromatic N) is 1. The molecule has 7 heteroatoms. The van der Waals surface area contributed by atoms with E-state index in [4.69, 9.17) is 21.6 Å². The van der Waals surface area contributed by atoms with Gasteiger partial charge in [0.25, 0.3) is 0 Å². The molecule has 0 radical (unpaired) electrons. The lowest BCUT2D eigenvalue weighted by molar-refractivity contribution is 0.397. The first-order valence-electron chi connectivity index (χ1n) is 8.82. The lowest BCUT2D eigenvalue weighted by atomic mass is 9.91. The van der Waals surface area contributed by atoms with Crippen molar-refractivity contribution in [3.05, 3.63) is 87.9 Å². The van der Waals surface area contributed by atoms with Gasteiger partial charge in [0.1, 0.15) is 11.4 Å². The van der Waals surface area contributed by atoms with Crippen molar-refractivity contribution >= 4 is 23.0 Å². The highest BCUT2D eigenvalue weighted by molar-refractivity contribution is 6.30. The van der Waals surface area contributed by atoms with E-state index in [-0.39, 0.29) is 0 Å². The first kappa shape index (κ1) is 19.0. The van der Waals surface area contributed by atoms with Gasteiger partial charge >= 0.3 is 0 Å². The summed E-state index contributed by atoms with van der Waals surface area (Å²) < 4.78 is 33.2. The molecule has 0 spiro atoms. The molecule has 3 aromatic carbocycles. The highest BCUT2D eigenvalue weighted by Gasteiger charge is 2.41. The van der Waals surface area contributed by atoms with Crippen molar-refractivity contribution in [2.75, 3.05) is 17.7 Å². The molecule has 146 valence electrons. The van der Waals surface area contributed by atoms with Crippen LogP contribution in [0.5, 0.6) is 5.75 Å². The molecule has 3 aromatic rings. The second kappa shape index (κ2) is 7.26. The van der Waals surface area contributed by atoms with Crippen molar-refractivity contribution in [2.45, 2.75) is 12.1 Å². The third kappa shape index (κ3) is 3.45. The molecule has 1 aliphatic heterocycles. The molecule has 1 aliphatic rings. The monoisotopic (exact) mass is 411 g/mol. The zero-order chi connectivity index (χ0) is 20.6. The number of halogens is 3. The number of ether oxygens (including phenoxy) is 1. The molecule has 0 bridgehead atoms. The molecule has 0 atom stereocenters. The quantitative estimate of drug-likeness (QED) is 0.601. The average molecular weight is 412 g/mol. The Morgan fingerprint density at radius 3 is 2.17 bits per heavy atom. The fraction of sp³-hybridized carbons (Fsp3) is 0.136. The molecule has 0 aliphatic carbocycles. The van der Waals surface area contributed by atoms with Gasteiger partial charge in [-0.1, -0.05) is 23.7 Å². The van der Waals surface area contributed by atoms with E-state index in [1.165, 1.54) is 7.11 Å². The van der Waals surface area contributed by atoms with Crippen LogP contribution in [0.15, 0.2) is 54.6 Å². The van der Waals surface area contributed by atoms with Gasteiger partial charge in [-0.25, -0.2) is 8.78 Å². The van der Waals surface area contributed by atoms with Crippen LogP contribution < -0.4 is 15.4 Å². The van der Waals surface area contributed by atoms with Crippen LogP contribution in [0.1, 0.15) is 16.7 Å². The van der Waals surface area contributed by atoms with E-state index in [1.807, 2.05) is 18.2 Å². The van der Waals surface area contributed by atoms with E-state index in [9.17, 15) is 8.78 Å². The number of rotatable bonds is 4. The van der Waals surface area contributed by atoms with Crippen molar-refractivity contribution in [1.82, 2.24) is 0 Å². The van der Waals surface area contributed by atoms with Gasteiger partial charge < -0.3 is 15.4 Å². The van der Waals surface area contributed by atoms with Crippen molar-refractivity contribution < 1.29 is 13.5 Å². The lowest BCUT2D eigenvalue weighted by Gasteiger charge is -2.33. The smallest absolute Gasteiger partial charge is 0.161 e. The second-order valence-corrected chi connectivity index (χ2v) is 7.23. The Balaban J connectivity index is 1.83. The Labute approximate surface area is 171 Å². The molecule has 2 N–H and O–H groups in total. The van der Waals surface area contributed by atoms with Crippen molar-refractivity contribution in [1.29, 1.82) is 5.26 Å². The molecular formula is C22H16ClF2N3O. The number of methoxy groups -OCH3 is 1. The van der Waals surface area contributed by atoms with Gasteiger partial charge in [-0.05, 0) is 35.9 Å². The van der Waals surface area contributed by atoms with Crippen molar-refractivity contribution in [3.63, 3.8) is 0 Å². The second-order valence-electron chi connectivity index (χ2n) is 6.80. The molecule has 0 saturated heterocycles. The topological polar surface area (TPSA) is 57.1 Å². The van der Waals surface area contributed by atoms with E-state index >= 15 is 0 Å². The number of fused-ring (bicyclic) bond motifs is 1. The molecule has 0 amide bonds. The molecule has 29 heavy (non-hydrogen) atoms. The minimum Gasteiger partial charge on any atom is -0.496 e. The predicted octanol–water partition coefficient (Wildman–Crippen LogP) is 5.43. The molecule has 0 unspecified atom stereocenters. The van der Waals surface area contributed by atoms with Crippen LogP contribution in [0.3, 0.4) is 0 Å². The first-order valence-corrected chi connectivity index (χ1v) is 9.20.